The summed E-state index contributed by atoms with van der Waals surface area (Å²) in [6.45, 7) is 5.57. The van der Waals surface area contributed by atoms with Gasteiger partial charge in [-0.3, -0.25) is 4.79 Å². The highest BCUT2D eigenvalue weighted by Gasteiger charge is 2.26. The SMILES string of the molecule is COc1ccc(C[NH+]2CC[NH+](CC(=O)Nc3ccnn3C3CCCC3)CC2)cc1OC. The van der Waals surface area contributed by atoms with Crippen molar-refractivity contribution in [3.05, 3.63) is 36.0 Å². The van der Waals surface area contributed by atoms with Crippen molar-refractivity contribution in [2.45, 2.75) is 38.3 Å². The summed E-state index contributed by atoms with van der Waals surface area (Å²) in [5.41, 5.74) is 1.24. The first-order chi connectivity index (χ1) is 15.2. The molecule has 1 saturated heterocycles. The molecule has 1 aliphatic heterocycles. The fourth-order valence-electron chi connectivity index (χ4n) is 4.86. The van der Waals surface area contributed by atoms with Crippen LogP contribution in [-0.4, -0.2) is 62.6 Å². The van der Waals surface area contributed by atoms with Gasteiger partial charge < -0.3 is 24.6 Å². The van der Waals surface area contributed by atoms with Crippen molar-refractivity contribution in [1.29, 1.82) is 0 Å². The first-order valence-corrected chi connectivity index (χ1v) is 11.4. The van der Waals surface area contributed by atoms with Gasteiger partial charge in [0.05, 0.1) is 26.5 Å². The molecule has 8 heteroatoms. The van der Waals surface area contributed by atoms with Crippen LogP contribution in [0.15, 0.2) is 30.5 Å². The summed E-state index contributed by atoms with van der Waals surface area (Å²) in [4.78, 5) is 15.5. The summed E-state index contributed by atoms with van der Waals surface area (Å²) in [5, 5.41) is 7.54. The number of benzene rings is 1. The molecule has 0 unspecified atom stereocenters. The largest absolute Gasteiger partial charge is 0.493 e. The number of amides is 1. The van der Waals surface area contributed by atoms with Crippen molar-refractivity contribution in [2.75, 3.05) is 52.3 Å². The molecular weight excluding hydrogens is 394 g/mol. The van der Waals surface area contributed by atoms with Gasteiger partial charge in [0.25, 0.3) is 5.91 Å². The van der Waals surface area contributed by atoms with Crippen LogP contribution in [0, 0.1) is 0 Å². The lowest BCUT2D eigenvalue weighted by atomic mass is 10.1. The van der Waals surface area contributed by atoms with E-state index in [9.17, 15) is 4.79 Å². The Labute approximate surface area is 184 Å². The van der Waals surface area contributed by atoms with Crippen molar-refractivity contribution < 1.29 is 24.1 Å². The van der Waals surface area contributed by atoms with Gasteiger partial charge in [0, 0.05) is 11.6 Å². The van der Waals surface area contributed by atoms with E-state index < -0.39 is 0 Å². The van der Waals surface area contributed by atoms with Gasteiger partial charge in [0.2, 0.25) is 0 Å². The van der Waals surface area contributed by atoms with E-state index in [2.05, 4.69) is 22.5 Å². The van der Waals surface area contributed by atoms with Gasteiger partial charge in [-0.05, 0) is 31.0 Å². The van der Waals surface area contributed by atoms with Crippen LogP contribution in [0.5, 0.6) is 11.5 Å². The van der Waals surface area contributed by atoms with E-state index in [-0.39, 0.29) is 5.91 Å². The van der Waals surface area contributed by atoms with Crippen LogP contribution < -0.4 is 24.6 Å². The predicted molar refractivity (Wildman–Crippen MR) is 118 cm³/mol. The lowest BCUT2D eigenvalue weighted by Gasteiger charge is -2.29. The third-order valence-corrected chi connectivity index (χ3v) is 6.59. The molecule has 0 atom stereocenters. The molecule has 168 valence electrons. The number of carbonyl (C=O) groups is 1. The summed E-state index contributed by atoms with van der Waals surface area (Å²) in [7, 11) is 3.33. The van der Waals surface area contributed by atoms with Gasteiger partial charge >= 0.3 is 0 Å². The fourth-order valence-corrected chi connectivity index (χ4v) is 4.86. The average Bonchev–Trinajstić information content (AvgIpc) is 3.47. The third-order valence-electron chi connectivity index (χ3n) is 6.59. The molecule has 2 aromatic rings. The number of carbonyl (C=O) groups excluding carboxylic acids is 1. The molecular formula is C23H35N5O3+2. The van der Waals surface area contributed by atoms with Crippen LogP contribution in [-0.2, 0) is 11.3 Å². The number of aromatic nitrogens is 2. The molecule has 2 aliphatic rings. The Hall–Kier alpha value is -2.58. The fraction of sp³-hybridized carbons (Fsp3) is 0.565. The molecule has 0 spiro atoms. The second kappa shape index (κ2) is 10.2. The number of piperazine rings is 1. The van der Waals surface area contributed by atoms with Crippen molar-refractivity contribution in [3.8, 4) is 11.5 Å². The maximum atomic E-state index is 12.6. The Balaban J connectivity index is 1.24. The van der Waals surface area contributed by atoms with Crippen LogP contribution in [0.1, 0.15) is 37.3 Å². The van der Waals surface area contributed by atoms with E-state index in [1.807, 2.05) is 16.8 Å². The van der Waals surface area contributed by atoms with E-state index in [1.165, 1.54) is 28.2 Å². The number of rotatable bonds is 8. The minimum atomic E-state index is 0.0816. The molecule has 1 aromatic carbocycles. The highest BCUT2D eigenvalue weighted by molar-refractivity contribution is 5.90. The van der Waals surface area contributed by atoms with E-state index >= 15 is 0 Å². The Morgan fingerprint density at radius 1 is 1.06 bits per heavy atom. The number of hydrogen-bond donors (Lipinski definition) is 3. The molecule has 2 fully saturated rings. The number of ether oxygens (including phenoxy) is 2. The van der Waals surface area contributed by atoms with Crippen LogP contribution >= 0.6 is 0 Å². The molecule has 31 heavy (non-hydrogen) atoms. The zero-order chi connectivity index (χ0) is 21.6. The summed E-state index contributed by atoms with van der Waals surface area (Å²) in [6, 6.07) is 8.48. The molecule has 1 amide bonds. The third kappa shape index (κ3) is 5.37. The minimum Gasteiger partial charge on any atom is -0.493 e. The summed E-state index contributed by atoms with van der Waals surface area (Å²) < 4.78 is 12.8. The van der Waals surface area contributed by atoms with E-state index in [0.29, 0.717) is 12.6 Å². The standard InChI is InChI=1S/C23H33N5O3/c1-30-20-8-7-18(15-21(20)31-2)16-26-11-13-27(14-12-26)17-23(29)25-22-9-10-24-28(22)19-5-3-4-6-19/h7-10,15,19H,3-6,11-14,16-17H2,1-2H3,(H,25,29)/p+2. The molecule has 2 heterocycles. The predicted octanol–water partition coefficient (Wildman–Crippen LogP) is -0.0625. The zero-order valence-electron chi connectivity index (χ0n) is 18.7. The number of methoxy groups -OCH3 is 2. The van der Waals surface area contributed by atoms with Crippen molar-refractivity contribution >= 4 is 11.7 Å². The van der Waals surface area contributed by atoms with Crippen LogP contribution in [0.25, 0.3) is 0 Å². The molecule has 1 saturated carbocycles. The molecule has 0 bridgehead atoms. The molecule has 0 radical (unpaired) electrons. The summed E-state index contributed by atoms with van der Waals surface area (Å²) in [5.74, 6) is 2.46. The van der Waals surface area contributed by atoms with Crippen LogP contribution in [0.4, 0.5) is 5.82 Å². The first kappa shape index (κ1) is 21.6. The Kier molecular flexibility index (Phi) is 7.09. The normalized spacial score (nSPS) is 21.7. The van der Waals surface area contributed by atoms with Gasteiger partial charge in [-0.25, -0.2) is 4.68 Å². The number of quaternary nitrogens is 2. The minimum absolute atomic E-state index is 0.0816. The van der Waals surface area contributed by atoms with Crippen molar-refractivity contribution in [3.63, 3.8) is 0 Å². The lowest BCUT2D eigenvalue weighted by molar-refractivity contribution is -1.02. The van der Waals surface area contributed by atoms with E-state index in [4.69, 9.17) is 9.47 Å². The van der Waals surface area contributed by atoms with E-state index in [0.717, 1.165) is 62.9 Å². The van der Waals surface area contributed by atoms with Crippen molar-refractivity contribution in [2.24, 2.45) is 0 Å². The molecule has 4 rings (SSSR count). The van der Waals surface area contributed by atoms with E-state index in [1.54, 1.807) is 20.4 Å². The summed E-state index contributed by atoms with van der Waals surface area (Å²) in [6.07, 6.45) is 6.59. The maximum absolute atomic E-state index is 12.6. The number of hydrogen-bond acceptors (Lipinski definition) is 4. The highest BCUT2D eigenvalue weighted by atomic mass is 16.5. The van der Waals surface area contributed by atoms with Gasteiger partial charge in [0.15, 0.2) is 18.0 Å². The van der Waals surface area contributed by atoms with Crippen LogP contribution in [0.3, 0.4) is 0 Å². The smallest absolute Gasteiger partial charge is 0.280 e. The van der Waals surface area contributed by atoms with Gasteiger partial charge in [-0.15, -0.1) is 0 Å². The zero-order valence-corrected chi connectivity index (χ0v) is 18.7. The van der Waals surface area contributed by atoms with Crippen molar-refractivity contribution in [1.82, 2.24) is 9.78 Å². The lowest BCUT2D eigenvalue weighted by Crippen LogP contribution is -3.28. The monoisotopic (exact) mass is 429 g/mol. The Morgan fingerprint density at radius 3 is 2.48 bits per heavy atom. The second-order valence-electron chi connectivity index (χ2n) is 8.69. The number of nitrogens with one attached hydrogen (secondary N) is 3. The first-order valence-electron chi connectivity index (χ1n) is 11.4. The summed E-state index contributed by atoms with van der Waals surface area (Å²) >= 11 is 0. The van der Waals surface area contributed by atoms with Crippen LogP contribution in [0.2, 0.25) is 0 Å². The number of anilines is 1. The van der Waals surface area contributed by atoms with Gasteiger partial charge in [0.1, 0.15) is 38.5 Å². The topological polar surface area (TPSA) is 74.3 Å². The maximum Gasteiger partial charge on any atom is 0.280 e. The van der Waals surface area contributed by atoms with Gasteiger partial charge in [-0.1, -0.05) is 12.8 Å². The second-order valence-corrected chi connectivity index (χ2v) is 8.69. The average molecular weight is 430 g/mol. The quantitative estimate of drug-likeness (QED) is 0.550. The molecule has 8 nitrogen and oxygen atoms in total. The Morgan fingerprint density at radius 2 is 1.77 bits per heavy atom. The Bertz CT molecular complexity index is 870. The van der Waals surface area contributed by atoms with Gasteiger partial charge in [-0.2, -0.15) is 5.10 Å². The molecule has 1 aromatic heterocycles. The molecule has 1 aliphatic carbocycles. The molecule has 3 N–H and O–H groups in total. The number of nitrogens with zero attached hydrogens (tertiary/aromatic N) is 2. The highest BCUT2D eigenvalue weighted by Crippen LogP contribution is 2.31.